The van der Waals surface area contributed by atoms with E-state index >= 15 is 0 Å². The van der Waals surface area contributed by atoms with Crippen LogP contribution in [-0.4, -0.2) is 58.4 Å². The molecule has 2 atom stereocenters. The number of aromatic nitrogens is 2. The molecule has 0 radical (unpaired) electrons. The van der Waals surface area contributed by atoms with Crippen molar-refractivity contribution >= 4 is 28.5 Å². The number of rotatable bonds is 5. The molecule has 14 heteroatoms. The van der Waals surface area contributed by atoms with Crippen LogP contribution in [0.25, 0.3) is 22.0 Å². The largest absolute Gasteiger partial charge is 0.480 e. The molecule has 9 nitrogen and oxygen atoms in total. The lowest BCUT2D eigenvalue weighted by Gasteiger charge is -2.38. The highest BCUT2D eigenvalue weighted by Crippen LogP contribution is 2.38. The number of nitrogens with one attached hydrogen (secondary N) is 1. The minimum Gasteiger partial charge on any atom is -0.480 e. The number of fused-ring (bicyclic) bond motifs is 1. The van der Waals surface area contributed by atoms with Crippen LogP contribution in [0.2, 0.25) is 0 Å². The number of carboxylic acid groups (broad SMARTS) is 1. The molecular weight excluding hydrogens is 627 g/mol. The number of halogens is 5. The molecule has 1 aliphatic heterocycles. The van der Waals surface area contributed by atoms with Gasteiger partial charge in [-0.1, -0.05) is 18.2 Å². The van der Waals surface area contributed by atoms with Crippen LogP contribution in [0.5, 0.6) is 0 Å². The number of carbonyl (C=O) groups excluding carboxylic acids is 1. The normalized spacial score (nSPS) is 16.4. The van der Waals surface area contributed by atoms with Crippen LogP contribution >= 0.6 is 0 Å². The van der Waals surface area contributed by atoms with Gasteiger partial charge in [-0.3, -0.25) is 19.4 Å². The Bertz CT molecular complexity index is 1870. The molecule has 1 amide bonds. The number of hydrogen-bond acceptors (Lipinski definition) is 6. The van der Waals surface area contributed by atoms with E-state index in [1.807, 2.05) is 26.1 Å². The highest BCUT2D eigenvalue weighted by atomic mass is 19.4. The third-order valence-electron chi connectivity index (χ3n) is 7.83. The fourth-order valence-corrected chi connectivity index (χ4v) is 5.27. The number of morpholine rings is 1. The van der Waals surface area contributed by atoms with E-state index in [9.17, 15) is 36.3 Å². The Labute approximate surface area is 266 Å². The Morgan fingerprint density at radius 3 is 2.36 bits per heavy atom. The number of benzene rings is 2. The molecule has 1 fully saturated rings. The summed E-state index contributed by atoms with van der Waals surface area (Å²) in [5, 5.41) is 11.2. The zero-order valence-electron chi connectivity index (χ0n) is 26.2. The van der Waals surface area contributed by atoms with E-state index in [4.69, 9.17) is 9.84 Å². The summed E-state index contributed by atoms with van der Waals surface area (Å²) in [5.74, 6) is -4.47. The summed E-state index contributed by atoms with van der Waals surface area (Å²) in [6.07, 6.45) is -3.19. The summed E-state index contributed by atoms with van der Waals surface area (Å²) >= 11 is 0. The van der Waals surface area contributed by atoms with E-state index in [2.05, 4.69) is 4.98 Å². The summed E-state index contributed by atoms with van der Waals surface area (Å²) in [4.78, 5) is 40.8. The van der Waals surface area contributed by atoms with Crippen LogP contribution in [0.3, 0.4) is 0 Å². The standard InChI is InChI=1S/C18H15F3N2O.C15H18F2N2O4/c1-10-6-7-13(16-12(10)5-4-8-22-16)15-14(18(19,20)21)9-11(2)23(3)17(15)24;1-8-7-23-9(2)6-19(8)10-3-11(16)14(12(17)4-10)15(22)18-5-13(20)21/h4-9H,1-3H3;3-4,8-9H,5-7H2,1-2H3,(H,18,22)(H,20,21)/t;8-,9-/m.0/s1. The summed E-state index contributed by atoms with van der Waals surface area (Å²) in [6.45, 7) is 7.26. The molecule has 47 heavy (non-hydrogen) atoms. The van der Waals surface area contributed by atoms with Crippen molar-refractivity contribution in [1.29, 1.82) is 0 Å². The van der Waals surface area contributed by atoms with E-state index in [1.165, 1.54) is 30.8 Å². The van der Waals surface area contributed by atoms with E-state index in [1.54, 1.807) is 23.1 Å². The lowest BCUT2D eigenvalue weighted by atomic mass is 9.95. The molecule has 2 N–H and O–H groups in total. The predicted molar refractivity (Wildman–Crippen MR) is 165 cm³/mol. The van der Waals surface area contributed by atoms with E-state index < -0.39 is 52.9 Å². The van der Waals surface area contributed by atoms with Crippen molar-refractivity contribution in [3.8, 4) is 11.1 Å². The number of aliphatic carboxylic acids is 1. The van der Waals surface area contributed by atoms with Crippen molar-refractivity contribution in [2.75, 3.05) is 24.6 Å². The van der Waals surface area contributed by atoms with Gasteiger partial charge in [-0.05, 0) is 57.5 Å². The summed E-state index contributed by atoms with van der Waals surface area (Å²) in [6, 6.07) is 9.85. The molecule has 0 aliphatic carbocycles. The summed E-state index contributed by atoms with van der Waals surface area (Å²) < 4.78 is 75.6. The first-order valence-electron chi connectivity index (χ1n) is 14.5. The molecule has 5 rings (SSSR count). The highest BCUT2D eigenvalue weighted by Gasteiger charge is 2.36. The zero-order chi connectivity index (χ0) is 34.8. The molecule has 0 bridgehead atoms. The molecule has 1 aliphatic rings. The second-order valence-electron chi connectivity index (χ2n) is 11.3. The maximum atomic E-state index is 14.2. The average molecular weight is 661 g/mol. The first-order chi connectivity index (χ1) is 22.0. The summed E-state index contributed by atoms with van der Waals surface area (Å²) in [7, 11) is 1.46. The van der Waals surface area contributed by atoms with E-state index in [0.29, 0.717) is 24.4 Å². The van der Waals surface area contributed by atoms with Gasteiger partial charge in [0.2, 0.25) is 0 Å². The average Bonchev–Trinajstić information content (AvgIpc) is 3.00. The van der Waals surface area contributed by atoms with Crippen molar-refractivity contribution in [3.63, 3.8) is 0 Å². The van der Waals surface area contributed by atoms with Gasteiger partial charge in [-0.25, -0.2) is 8.78 Å². The van der Waals surface area contributed by atoms with Gasteiger partial charge in [0.1, 0.15) is 23.7 Å². The Morgan fingerprint density at radius 1 is 1.09 bits per heavy atom. The fraction of sp³-hybridized carbons (Fsp3) is 0.333. The second-order valence-corrected chi connectivity index (χ2v) is 11.3. The van der Waals surface area contributed by atoms with Crippen LogP contribution in [0.1, 0.15) is 41.0 Å². The fourth-order valence-electron chi connectivity index (χ4n) is 5.27. The van der Waals surface area contributed by atoms with Crippen molar-refractivity contribution in [1.82, 2.24) is 14.9 Å². The first kappa shape index (κ1) is 35.0. The van der Waals surface area contributed by atoms with Crippen LogP contribution < -0.4 is 15.8 Å². The molecule has 2 aromatic carbocycles. The van der Waals surface area contributed by atoms with Gasteiger partial charge in [0.05, 0.1) is 29.4 Å². The topological polar surface area (TPSA) is 114 Å². The van der Waals surface area contributed by atoms with Crippen LogP contribution in [0.15, 0.2) is 53.5 Å². The zero-order valence-corrected chi connectivity index (χ0v) is 26.2. The molecule has 0 saturated carbocycles. The van der Waals surface area contributed by atoms with Gasteiger partial charge >= 0.3 is 12.1 Å². The van der Waals surface area contributed by atoms with Crippen molar-refractivity contribution in [2.45, 2.75) is 46.0 Å². The Balaban J connectivity index is 0.000000213. The number of anilines is 1. The maximum absolute atomic E-state index is 14.2. The molecular formula is C33H33F5N4O5. The smallest absolute Gasteiger partial charge is 0.417 e. The third-order valence-corrected chi connectivity index (χ3v) is 7.83. The Morgan fingerprint density at radius 2 is 1.74 bits per heavy atom. The van der Waals surface area contributed by atoms with Gasteiger partial charge < -0.3 is 24.6 Å². The molecule has 2 aromatic heterocycles. The maximum Gasteiger partial charge on any atom is 0.417 e. The van der Waals surface area contributed by atoms with Gasteiger partial charge in [0.15, 0.2) is 0 Å². The number of hydrogen-bond donors (Lipinski definition) is 2. The van der Waals surface area contributed by atoms with Crippen molar-refractivity contribution in [3.05, 3.63) is 93.0 Å². The third kappa shape index (κ3) is 7.59. The molecule has 250 valence electrons. The molecule has 1 saturated heterocycles. The quantitative estimate of drug-likeness (QED) is 0.267. The van der Waals surface area contributed by atoms with Crippen LogP contribution in [0.4, 0.5) is 27.6 Å². The lowest BCUT2D eigenvalue weighted by molar-refractivity contribution is -0.137. The lowest BCUT2D eigenvalue weighted by Crippen LogP contribution is -2.47. The monoisotopic (exact) mass is 660 g/mol. The number of carbonyl (C=O) groups is 2. The van der Waals surface area contributed by atoms with E-state index in [0.717, 1.165) is 29.1 Å². The number of ether oxygens (including phenoxy) is 1. The molecule has 3 heterocycles. The van der Waals surface area contributed by atoms with Crippen molar-refractivity contribution in [2.24, 2.45) is 7.05 Å². The van der Waals surface area contributed by atoms with Gasteiger partial charge in [-0.15, -0.1) is 0 Å². The van der Waals surface area contributed by atoms with Crippen LogP contribution in [0, 0.1) is 25.5 Å². The number of alkyl halides is 3. The van der Waals surface area contributed by atoms with Crippen molar-refractivity contribution < 1.29 is 41.4 Å². The Kier molecular flexibility index (Phi) is 10.3. The number of carboxylic acids is 1. The summed E-state index contributed by atoms with van der Waals surface area (Å²) in [5.41, 5.74) is -0.717. The minimum absolute atomic E-state index is 0.0586. The molecule has 0 spiro atoms. The van der Waals surface area contributed by atoms with Crippen LogP contribution in [-0.2, 0) is 22.8 Å². The van der Waals surface area contributed by atoms with E-state index in [-0.39, 0.29) is 29.0 Å². The number of pyridine rings is 2. The number of aryl methyl sites for hydroxylation is 2. The SMILES string of the molecule is C[C@H]1CN(c2cc(F)c(C(=O)NCC(=O)O)c(F)c2)[C@@H](C)CO1.Cc1ccc(-c2c(C(F)(F)F)cc(C)n(C)c2=O)c2ncccc12. The first-order valence-corrected chi connectivity index (χ1v) is 14.5. The predicted octanol–water partition coefficient (Wildman–Crippen LogP) is 5.63. The molecule has 0 unspecified atom stereocenters. The van der Waals surface area contributed by atoms with Gasteiger partial charge in [-0.2, -0.15) is 13.2 Å². The Hall–Kier alpha value is -4.85. The van der Waals surface area contributed by atoms with Gasteiger partial charge in [0.25, 0.3) is 11.5 Å². The number of amides is 1. The molecule has 4 aromatic rings. The highest BCUT2D eigenvalue weighted by molar-refractivity contribution is 5.97. The second kappa shape index (κ2) is 13.9. The van der Waals surface area contributed by atoms with Gasteiger partial charge in [0, 0.05) is 48.2 Å². The minimum atomic E-state index is -4.63. The number of nitrogens with zero attached hydrogens (tertiary/aromatic N) is 3.